The first-order chi connectivity index (χ1) is 11.6. The Morgan fingerprint density at radius 2 is 1.88 bits per heavy atom. The lowest BCUT2D eigenvalue weighted by Crippen LogP contribution is -2.29. The number of aryl methyl sites for hydroxylation is 1. The fourth-order valence-electron chi connectivity index (χ4n) is 3.37. The van der Waals surface area contributed by atoms with Crippen LogP contribution in [0.3, 0.4) is 0 Å². The van der Waals surface area contributed by atoms with Gasteiger partial charge >= 0.3 is 0 Å². The summed E-state index contributed by atoms with van der Waals surface area (Å²) in [5, 5.41) is 0. The summed E-state index contributed by atoms with van der Waals surface area (Å²) in [5.74, 6) is 0.971. The summed E-state index contributed by atoms with van der Waals surface area (Å²) >= 11 is 3.47. The van der Waals surface area contributed by atoms with Gasteiger partial charge < -0.3 is 13.9 Å². The number of fused-ring (bicyclic) bond motifs is 1. The van der Waals surface area contributed by atoms with Gasteiger partial charge in [0.2, 0.25) is 0 Å². The van der Waals surface area contributed by atoms with E-state index in [1.54, 1.807) is 0 Å². The maximum atomic E-state index is 12.9. The molecule has 2 aromatic heterocycles. The van der Waals surface area contributed by atoms with Crippen LogP contribution in [0.25, 0.3) is 11.1 Å². The van der Waals surface area contributed by atoms with Gasteiger partial charge in [0.1, 0.15) is 11.5 Å². The number of nitrogens with zero attached hydrogens (tertiary/aromatic N) is 2. The van der Waals surface area contributed by atoms with Crippen LogP contribution in [0.15, 0.2) is 45.3 Å². The summed E-state index contributed by atoms with van der Waals surface area (Å²) in [5.41, 5.74) is 3.64. The molecule has 0 spiro atoms. The van der Waals surface area contributed by atoms with E-state index in [1.165, 1.54) is 0 Å². The summed E-state index contributed by atoms with van der Waals surface area (Å²) in [6.07, 6.45) is 2.18. The van der Waals surface area contributed by atoms with E-state index < -0.39 is 0 Å². The van der Waals surface area contributed by atoms with Gasteiger partial charge in [0.15, 0.2) is 5.58 Å². The van der Waals surface area contributed by atoms with E-state index in [9.17, 15) is 4.79 Å². The Morgan fingerprint density at radius 1 is 1.17 bits per heavy atom. The van der Waals surface area contributed by atoms with E-state index in [2.05, 4.69) is 32.6 Å². The molecule has 5 heteroatoms. The van der Waals surface area contributed by atoms with Gasteiger partial charge in [-0.1, -0.05) is 28.1 Å². The van der Waals surface area contributed by atoms with Crippen molar-refractivity contribution in [3.63, 3.8) is 0 Å². The average Bonchev–Trinajstić information content (AvgIpc) is 3.26. The molecule has 1 saturated heterocycles. The van der Waals surface area contributed by atoms with Crippen molar-refractivity contribution < 1.29 is 9.21 Å². The van der Waals surface area contributed by atoms with Gasteiger partial charge in [0.05, 0.1) is 5.52 Å². The monoisotopic (exact) mass is 386 g/mol. The number of carbonyl (C=O) groups is 1. The molecule has 1 aliphatic heterocycles. The maximum absolute atomic E-state index is 12.9. The van der Waals surface area contributed by atoms with Gasteiger partial charge in [-0.15, -0.1) is 0 Å². The number of hydrogen-bond donors (Lipinski definition) is 0. The summed E-state index contributed by atoms with van der Waals surface area (Å²) in [4.78, 5) is 14.9. The van der Waals surface area contributed by atoms with Crippen molar-refractivity contribution in [2.45, 2.75) is 26.3 Å². The van der Waals surface area contributed by atoms with Crippen molar-refractivity contribution >= 4 is 32.9 Å². The van der Waals surface area contributed by atoms with Gasteiger partial charge in [0, 0.05) is 36.2 Å². The molecule has 0 N–H and O–H groups in total. The van der Waals surface area contributed by atoms with E-state index >= 15 is 0 Å². The van der Waals surface area contributed by atoms with E-state index in [-0.39, 0.29) is 5.91 Å². The van der Waals surface area contributed by atoms with E-state index in [4.69, 9.17) is 4.42 Å². The Kier molecular flexibility index (Phi) is 3.96. The Bertz CT molecular complexity index is 886. The molecule has 1 amide bonds. The Morgan fingerprint density at radius 3 is 2.58 bits per heavy atom. The third kappa shape index (κ3) is 2.77. The quantitative estimate of drug-likeness (QED) is 0.660. The van der Waals surface area contributed by atoms with Crippen LogP contribution in [0.1, 0.15) is 34.7 Å². The highest BCUT2D eigenvalue weighted by Crippen LogP contribution is 2.27. The Labute approximate surface area is 149 Å². The summed E-state index contributed by atoms with van der Waals surface area (Å²) in [6, 6.07) is 12.1. The lowest BCUT2D eigenvalue weighted by Gasteiger charge is -2.17. The zero-order valence-electron chi connectivity index (χ0n) is 13.6. The van der Waals surface area contributed by atoms with Crippen LogP contribution in [0.2, 0.25) is 0 Å². The number of amides is 1. The molecule has 1 aromatic carbocycles. The summed E-state index contributed by atoms with van der Waals surface area (Å²) in [6.45, 7) is 4.29. The maximum Gasteiger partial charge on any atom is 0.270 e. The molecule has 0 radical (unpaired) electrons. The molecular weight excluding hydrogens is 368 g/mol. The van der Waals surface area contributed by atoms with Crippen LogP contribution in [-0.4, -0.2) is 28.5 Å². The smallest absolute Gasteiger partial charge is 0.270 e. The molecule has 3 heterocycles. The zero-order valence-corrected chi connectivity index (χ0v) is 15.2. The van der Waals surface area contributed by atoms with E-state index in [0.717, 1.165) is 52.8 Å². The molecule has 0 unspecified atom stereocenters. The SMILES string of the molecule is Cc1cc2c(cc(C(=O)N3CCCC3)n2Cc2ccc(Br)cc2)o1. The highest BCUT2D eigenvalue weighted by atomic mass is 79.9. The number of rotatable bonds is 3. The normalized spacial score (nSPS) is 14.7. The van der Waals surface area contributed by atoms with Gasteiger partial charge in [-0.05, 0) is 37.5 Å². The second kappa shape index (κ2) is 6.13. The predicted molar refractivity (Wildman–Crippen MR) is 97.3 cm³/mol. The van der Waals surface area contributed by atoms with Crippen LogP contribution in [0.5, 0.6) is 0 Å². The predicted octanol–water partition coefficient (Wildman–Crippen LogP) is 4.59. The van der Waals surface area contributed by atoms with E-state index in [0.29, 0.717) is 12.2 Å². The molecule has 24 heavy (non-hydrogen) atoms. The van der Waals surface area contributed by atoms with Crippen molar-refractivity contribution in [2.75, 3.05) is 13.1 Å². The van der Waals surface area contributed by atoms with Crippen LogP contribution in [0, 0.1) is 6.92 Å². The fraction of sp³-hybridized carbons (Fsp3) is 0.316. The molecule has 0 aliphatic carbocycles. The van der Waals surface area contributed by atoms with Gasteiger partial charge in [-0.25, -0.2) is 0 Å². The Hall–Kier alpha value is -2.01. The molecule has 1 aliphatic rings. The number of halogens is 1. The van der Waals surface area contributed by atoms with Gasteiger partial charge in [0.25, 0.3) is 5.91 Å². The standard InChI is InChI=1S/C19H19BrN2O2/c1-13-10-16-18(24-13)11-17(19(23)21-8-2-3-9-21)22(16)12-14-4-6-15(20)7-5-14/h4-7,10-11H,2-3,8-9,12H2,1H3. The van der Waals surface area contributed by atoms with Gasteiger partial charge in [-0.2, -0.15) is 0 Å². The molecule has 0 atom stereocenters. The number of likely N-dealkylation sites (tertiary alicyclic amines) is 1. The molecule has 1 fully saturated rings. The second-order valence-electron chi connectivity index (χ2n) is 6.35. The Balaban J connectivity index is 1.76. The number of carbonyl (C=O) groups excluding carboxylic acids is 1. The van der Waals surface area contributed by atoms with Crippen LogP contribution in [0.4, 0.5) is 0 Å². The first-order valence-electron chi connectivity index (χ1n) is 8.25. The van der Waals surface area contributed by atoms with E-state index in [1.807, 2.05) is 36.1 Å². The molecular formula is C19H19BrN2O2. The van der Waals surface area contributed by atoms with Crippen molar-refractivity contribution in [1.82, 2.24) is 9.47 Å². The van der Waals surface area contributed by atoms with Gasteiger partial charge in [-0.3, -0.25) is 4.79 Å². The molecule has 4 rings (SSSR count). The molecule has 124 valence electrons. The summed E-state index contributed by atoms with van der Waals surface area (Å²) < 4.78 is 8.89. The minimum Gasteiger partial charge on any atom is -0.460 e. The largest absolute Gasteiger partial charge is 0.460 e. The molecule has 3 aromatic rings. The summed E-state index contributed by atoms with van der Waals surface area (Å²) in [7, 11) is 0. The molecule has 0 saturated carbocycles. The molecule has 4 nitrogen and oxygen atoms in total. The third-order valence-corrected chi connectivity index (χ3v) is 5.11. The highest BCUT2D eigenvalue weighted by molar-refractivity contribution is 9.10. The minimum absolute atomic E-state index is 0.105. The number of furan rings is 1. The minimum atomic E-state index is 0.105. The number of hydrogen-bond acceptors (Lipinski definition) is 2. The van der Waals surface area contributed by atoms with Crippen molar-refractivity contribution in [3.8, 4) is 0 Å². The van der Waals surface area contributed by atoms with Crippen molar-refractivity contribution in [3.05, 3.63) is 57.9 Å². The first-order valence-corrected chi connectivity index (χ1v) is 9.04. The lowest BCUT2D eigenvalue weighted by atomic mass is 10.2. The zero-order chi connectivity index (χ0) is 16.7. The van der Waals surface area contributed by atoms with Crippen molar-refractivity contribution in [2.24, 2.45) is 0 Å². The molecule has 0 bridgehead atoms. The fourth-order valence-corrected chi connectivity index (χ4v) is 3.63. The second-order valence-corrected chi connectivity index (χ2v) is 7.26. The van der Waals surface area contributed by atoms with Crippen molar-refractivity contribution in [1.29, 1.82) is 0 Å². The van der Waals surface area contributed by atoms with Crippen LogP contribution < -0.4 is 0 Å². The third-order valence-electron chi connectivity index (χ3n) is 4.58. The number of benzene rings is 1. The highest BCUT2D eigenvalue weighted by Gasteiger charge is 2.25. The first kappa shape index (κ1) is 15.5. The average molecular weight is 387 g/mol. The number of aromatic nitrogens is 1. The van der Waals surface area contributed by atoms with Crippen LogP contribution in [-0.2, 0) is 6.54 Å². The topological polar surface area (TPSA) is 38.4 Å². The van der Waals surface area contributed by atoms with Crippen LogP contribution >= 0.6 is 15.9 Å². The lowest BCUT2D eigenvalue weighted by molar-refractivity contribution is 0.0783.